The number of methoxy groups -OCH3 is 1. The second-order valence-corrected chi connectivity index (χ2v) is 4.74. The summed E-state index contributed by atoms with van der Waals surface area (Å²) in [7, 11) is 1.26. The summed E-state index contributed by atoms with van der Waals surface area (Å²) in [5, 5.41) is 1.16. The third-order valence-corrected chi connectivity index (χ3v) is 3.17. The van der Waals surface area contributed by atoms with Gasteiger partial charge in [0.2, 0.25) is 5.91 Å². The van der Waals surface area contributed by atoms with E-state index >= 15 is 0 Å². The van der Waals surface area contributed by atoms with Gasteiger partial charge < -0.3 is 4.74 Å². The van der Waals surface area contributed by atoms with Crippen LogP contribution in [0.1, 0.15) is 22.3 Å². The van der Waals surface area contributed by atoms with Gasteiger partial charge in [0.15, 0.2) is 0 Å². The first-order valence-electron chi connectivity index (χ1n) is 6.27. The van der Waals surface area contributed by atoms with Crippen LogP contribution >= 0.6 is 0 Å². The Kier molecular flexibility index (Phi) is 4.02. The number of amides is 2. The molecule has 6 heteroatoms. The fourth-order valence-electron chi connectivity index (χ4n) is 2.06. The predicted octanol–water partition coefficient (Wildman–Crippen LogP) is 0.661. The number of benzene rings is 1. The smallest absolute Gasteiger partial charge is 0.311 e. The van der Waals surface area contributed by atoms with E-state index in [2.05, 4.69) is 10.2 Å². The molecule has 2 rings (SSSR count). The Morgan fingerprint density at radius 2 is 1.95 bits per heavy atom. The highest BCUT2D eigenvalue weighted by Gasteiger charge is 2.33. The van der Waals surface area contributed by atoms with Crippen molar-refractivity contribution >= 4 is 17.8 Å². The number of nitrogens with zero attached hydrogens (tertiary/aromatic N) is 1. The number of hydrogen-bond acceptors (Lipinski definition) is 4. The molecule has 0 radical (unpaired) electrons. The normalized spacial score (nSPS) is 18.4. The Morgan fingerprint density at radius 3 is 2.55 bits per heavy atom. The molecule has 1 fully saturated rings. The quantitative estimate of drug-likeness (QED) is 0.805. The molecule has 0 aromatic heterocycles. The second-order valence-electron chi connectivity index (χ2n) is 4.74. The lowest BCUT2D eigenvalue weighted by atomic mass is 10.0. The summed E-state index contributed by atoms with van der Waals surface area (Å²) in [6, 6.07) is 7.00. The van der Waals surface area contributed by atoms with Gasteiger partial charge in [-0.25, -0.2) is 5.01 Å². The molecule has 1 aromatic carbocycles. The Labute approximate surface area is 116 Å². The van der Waals surface area contributed by atoms with Crippen molar-refractivity contribution in [2.45, 2.75) is 13.3 Å². The van der Waals surface area contributed by atoms with Gasteiger partial charge in [-0.3, -0.25) is 19.8 Å². The van der Waals surface area contributed by atoms with Gasteiger partial charge in [-0.15, -0.1) is 0 Å². The number of ether oxygens (including phenoxy) is 1. The second kappa shape index (κ2) is 5.73. The van der Waals surface area contributed by atoms with Crippen LogP contribution in [0.25, 0.3) is 0 Å². The third kappa shape index (κ3) is 2.96. The molecule has 0 saturated carbocycles. The van der Waals surface area contributed by atoms with Crippen LogP contribution in [0.2, 0.25) is 0 Å². The lowest BCUT2D eigenvalue weighted by Gasteiger charge is -2.31. The molecule has 2 amide bonds. The van der Waals surface area contributed by atoms with Gasteiger partial charge in [-0.2, -0.15) is 0 Å². The van der Waals surface area contributed by atoms with Gasteiger partial charge >= 0.3 is 5.97 Å². The van der Waals surface area contributed by atoms with Gasteiger partial charge in [0.25, 0.3) is 5.91 Å². The molecule has 20 heavy (non-hydrogen) atoms. The minimum Gasteiger partial charge on any atom is -0.469 e. The van der Waals surface area contributed by atoms with Crippen LogP contribution in [0.4, 0.5) is 0 Å². The van der Waals surface area contributed by atoms with Gasteiger partial charge in [0.05, 0.1) is 19.6 Å². The minimum absolute atomic E-state index is 0.0321. The summed E-state index contributed by atoms with van der Waals surface area (Å²) < 4.78 is 4.63. The summed E-state index contributed by atoms with van der Waals surface area (Å²) in [6.45, 7) is 2.04. The zero-order valence-electron chi connectivity index (χ0n) is 11.4. The van der Waals surface area contributed by atoms with E-state index in [1.807, 2.05) is 19.1 Å². The molecule has 0 bridgehead atoms. The summed E-state index contributed by atoms with van der Waals surface area (Å²) in [5.41, 5.74) is 3.97. The molecule has 1 aliphatic rings. The van der Waals surface area contributed by atoms with Crippen LogP contribution in [-0.4, -0.2) is 36.4 Å². The Balaban J connectivity index is 2.14. The van der Waals surface area contributed by atoms with E-state index < -0.39 is 11.9 Å². The van der Waals surface area contributed by atoms with Gasteiger partial charge in [0.1, 0.15) is 0 Å². The van der Waals surface area contributed by atoms with Crippen molar-refractivity contribution in [3.05, 3.63) is 35.4 Å². The molecule has 106 valence electrons. The van der Waals surface area contributed by atoms with E-state index in [0.29, 0.717) is 5.56 Å². The number of carbonyl (C=O) groups is 3. The molecule has 1 aromatic rings. The fraction of sp³-hybridized carbons (Fsp3) is 0.357. The first-order chi connectivity index (χ1) is 9.51. The SMILES string of the molecule is COC(=O)C1CC(=O)NN(C(=O)c2ccc(C)cc2)C1. The number of carbonyl (C=O) groups excluding carboxylic acids is 3. The zero-order valence-corrected chi connectivity index (χ0v) is 11.4. The first-order valence-corrected chi connectivity index (χ1v) is 6.27. The molecule has 1 saturated heterocycles. The van der Waals surface area contributed by atoms with Crippen LogP contribution in [0, 0.1) is 12.8 Å². The van der Waals surface area contributed by atoms with E-state index in [4.69, 9.17) is 0 Å². The number of hydrogen-bond donors (Lipinski definition) is 1. The van der Waals surface area contributed by atoms with Crippen molar-refractivity contribution in [3.63, 3.8) is 0 Å². The molecule has 1 heterocycles. The van der Waals surface area contributed by atoms with Gasteiger partial charge in [0, 0.05) is 12.0 Å². The summed E-state index contributed by atoms with van der Waals surface area (Å²) in [6.07, 6.45) is 0.0321. The number of aryl methyl sites for hydroxylation is 1. The number of hydrazine groups is 1. The van der Waals surface area contributed by atoms with Crippen molar-refractivity contribution in [2.24, 2.45) is 5.92 Å². The minimum atomic E-state index is -0.622. The van der Waals surface area contributed by atoms with Crippen LogP contribution < -0.4 is 5.43 Å². The number of esters is 1. The first kappa shape index (κ1) is 14.0. The number of rotatable bonds is 2. The van der Waals surface area contributed by atoms with Crippen LogP contribution in [0.15, 0.2) is 24.3 Å². The van der Waals surface area contributed by atoms with Crippen LogP contribution in [0.3, 0.4) is 0 Å². The van der Waals surface area contributed by atoms with E-state index in [1.54, 1.807) is 12.1 Å². The Morgan fingerprint density at radius 1 is 1.30 bits per heavy atom. The molecule has 0 aliphatic carbocycles. The van der Waals surface area contributed by atoms with Gasteiger partial charge in [-0.1, -0.05) is 17.7 Å². The monoisotopic (exact) mass is 276 g/mol. The molecular weight excluding hydrogens is 260 g/mol. The largest absolute Gasteiger partial charge is 0.469 e. The van der Waals surface area contributed by atoms with Gasteiger partial charge in [-0.05, 0) is 19.1 Å². The molecule has 1 unspecified atom stereocenters. The van der Waals surface area contributed by atoms with Crippen LogP contribution in [0.5, 0.6) is 0 Å². The Hall–Kier alpha value is -2.37. The molecule has 1 aliphatic heterocycles. The molecule has 6 nitrogen and oxygen atoms in total. The van der Waals surface area contributed by atoms with Crippen molar-refractivity contribution in [2.75, 3.05) is 13.7 Å². The highest BCUT2D eigenvalue weighted by molar-refractivity contribution is 5.97. The Bertz CT molecular complexity index is 539. The summed E-state index contributed by atoms with van der Waals surface area (Å²) >= 11 is 0. The fourth-order valence-corrected chi connectivity index (χ4v) is 2.06. The average molecular weight is 276 g/mol. The average Bonchev–Trinajstić information content (AvgIpc) is 2.45. The van der Waals surface area contributed by atoms with E-state index in [0.717, 1.165) is 10.6 Å². The maximum Gasteiger partial charge on any atom is 0.311 e. The van der Waals surface area contributed by atoms with E-state index in [9.17, 15) is 14.4 Å². The number of nitrogens with one attached hydrogen (secondary N) is 1. The summed E-state index contributed by atoms with van der Waals surface area (Å²) in [5.74, 6) is -1.82. The highest BCUT2D eigenvalue weighted by Crippen LogP contribution is 2.15. The third-order valence-electron chi connectivity index (χ3n) is 3.17. The summed E-state index contributed by atoms with van der Waals surface area (Å²) in [4.78, 5) is 35.4. The molecule has 1 N–H and O–H groups in total. The standard InChI is InChI=1S/C14H16N2O4/c1-9-3-5-10(6-4-9)13(18)16-8-11(14(19)20-2)7-12(17)15-16/h3-6,11H,7-8H2,1-2H3,(H,15,17). The van der Waals surface area contributed by atoms with Crippen LogP contribution in [-0.2, 0) is 14.3 Å². The van der Waals surface area contributed by atoms with E-state index in [-0.39, 0.29) is 24.8 Å². The highest BCUT2D eigenvalue weighted by atomic mass is 16.5. The van der Waals surface area contributed by atoms with Crippen molar-refractivity contribution in [1.29, 1.82) is 0 Å². The van der Waals surface area contributed by atoms with Crippen molar-refractivity contribution < 1.29 is 19.1 Å². The van der Waals surface area contributed by atoms with Crippen molar-refractivity contribution in [1.82, 2.24) is 10.4 Å². The predicted molar refractivity (Wildman–Crippen MR) is 70.5 cm³/mol. The topological polar surface area (TPSA) is 75.7 Å². The molecule has 0 spiro atoms. The van der Waals surface area contributed by atoms with E-state index in [1.165, 1.54) is 7.11 Å². The molecule has 1 atom stereocenters. The molecular formula is C14H16N2O4. The lowest BCUT2D eigenvalue weighted by Crippen LogP contribution is -2.54. The van der Waals surface area contributed by atoms with Crippen molar-refractivity contribution in [3.8, 4) is 0 Å². The maximum atomic E-state index is 12.3. The lowest BCUT2D eigenvalue weighted by molar-refractivity contribution is -0.151. The zero-order chi connectivity index (χ0) is 14.7. The maximum absolute atomic E-state index is 12.3.